The number of thioether (sulfide) groups is 2. The molecule has 39 heavy (non-hydrogen) atoms. The second-order valence-electron chi connectivity index (χ2n) is 8.95. The molecule has 194 valence electrons. The van der Waals surface area contributed by atoms with Crippen LogP contribution in [0, 0.1) is 0 Å². The summed E-state index contributed by atoms with van der Waals surface area (Å²) in [7, 11) is 1.63. The van der Waals surface area contributed by atoms with E-state index in [4.69, 9.17) is 9.73 Å². The zero-order valence-corrected chi connectivity index (χ0v) is 22.9. The number of benzene rings is 3. The molecule has 0 N–H and O–H groups in total. The number of ether oxygens (including phenoxy) is 1. The number of rotatable bonds is 5. The third-order valence-electron chi connectivity index (χ3n) is 6.73. The fourth-order valence-corrected chi connectivity index (χ4v) is 7.23. The molecule has 1 aliphatic carbocycles. The Bertz CT molecular complexity index is 1660. The molecule has 6 rings (SSSR count). The summed E-state index contributed by atoms with van der Waals surface area (Å²) in [5.74, 6) is 0.206. The monoisotopic (exact) mass is 553 g/mol. The van der Waals surface area contributed by atoms with E-state index < -0.39 is 0 Å². The molecular formula is C30H23N3O4S2. The van der Waals surface area contributed by atoms with Gasteiger partial charge in [-0.25, -0.2) is 4.99 Å². The Morgan fingerprint density at radius 1 is 0.897 bits per heavy atom. The SMILES string of the molecule is C=CCN1C(=O)C(=C2Sc3ccc(OC)cc3N2CC)SC1=Nc1ccc2c(c1)C(=O)c1ccccc1C2=O. The van der Waals surface area contributed by atoms with Crippen molar-refractivity contribution in [3.63, 3.8) is 0 Å². The molecule has 3 aliphatic rings. The normalized spacial score (nSPS) is 18.9. The molecule has 2 heterocycles. The highest BCUT2D eigenvalue weighted by Crippen LogP contribution is 2.51. The van der Waals surface area contributed by atoms with Crippen LogP contribution in [0.5, 0.6) is 5.75 Å². The van der Waals surface area contributed by atoms with Gasteiger partial charge in [0.2, 0.25) is 0 Å². The second-order valence-corrected chi connectivity index (χ2v) is 11.0. The van der Waals surface area contributed by atoms with E-state index in [1.807, 2.05) is 25.1 Å². The number of amides is 1. The molecule has 0 radical (unpaired) electrons. The van der Waals surface area contributed by atoms with Crippen molar-refractivity contribution >= 4 is 57.5 Å². The van der Waals surface area contributed by atoms with Crippen molar-refractivity contribution in [3.8, 4) is 5.75 Å². The van der Waals surface area contributed by atoms with Gasteiger partial charge in [0, 0.05) is 46.3 Å². The van der Waals surface area contributed by atoms with Crippen molar-refractivity contribution in [1.29, 1.82) is 0 Å². The Labute approximate surface area is 234 Å². The van der Waals surface area contributed by atoms with E-state index in [0.717, 1.165) is 21.4 Å². The smallest absolute Gasteiger partial charge is 0.269 e. The van der Waals surface area contributed by atoms with E-state index in [-0.39, 0.29) is 24.0 Å². The van der Waals surface area contributed by atoms with Crippen LogP contribution in [0.25, 0.3) is 0 Å². The summed E-state index contributed by atoms with van der Waals surface area (Å²) in [4.78, 5) is 49.9. The number of ketones is 2. The summed E-state index contributed by atoms with van der Waals surface area (Å²) in [5.41, 5.74) is 2.96. The summed E-state index contributed by atoms with van der Waals surface area (Å²) >= 11 is 2.85. The molecule has 3 aromatic carbocycles. The maximum absolute atomic E-state index is 13.6. The van der Waals surface area contributed by atoms with Crippen LogP contribution in [0.1, 0.15) is 38.8 Å². The number of nitrogens with zero attached hydrogens (tertiary/aromatic N) is 3. The van der Waals surface area contributed by atoms with E-state index in [9.17, 15) is 14.4 Å². The first kappa shape index (κ1) is 25.2. The molecule has 7 nitrogen and oxygen atoms in total. The van der Waals surface area contributed by atoms with E-state index in [2.05, 4.69) is 11.5 Å². The summed E-state index contributed by atoms with van der Waals surface area (Å²) in [6, 6.07) is 17.7. The standard InChI is InChI=1S/C30H23N3O4S2/c1-4-14-33-28(36)27(29-32(5-2)23-16-18(37-3)11-13-24(23)38-29)39-30(33)31-17-10-12-21-22(15-17)26(35)20-9-7-6-8-19(20)25(21)34/h4,6-13,15-16H,1,5,14H2,2-3H3. The lowest BCUT2D eigenvalue weighted by Crippen LogP contribution is -2.30. The zero-order valence-electron chi connectivity index (χ0n) is 21.3. The van der Waals surface area contributed by atoms with Crippen molar-refractivity contribution in [2.45, 2.75) is 11.8 Å². The van der Waals surface area contributed by atoms with Gasteiger partial charge in [-0.05, 0) is 49.0 Å². The van der Waals surface area contributed by atoms with Crippen LogP contribution in [0.3, 0.4) is 0 Å². The van der Waals surface area contributed by atoms with Crippen molar-refractivity contribution < 1.29 is 19.1 Å². The molecular weight excluding hydrogens is 530 g/mol. The third kappa shape index (κ3) is 4.09. The first-order valence-corrected chi connectivity index (χ1v) is 14.0. The minimum absolute atomic E-state index is 0.155. The van der Waals surface area contributed by atoms with Crippen LogP contribution < -0.4 is 9.64 Å². The van der Waals surface area contributed by atoms with Crippen LogP contribution in [0.2, 0.25) is 0 Å². The predicted molar refractivity (Wildman–Crippen MR) is 155 cm³/mol. The quantitative estimate of drug-likeness (QED) is 0.221. The molecule has 1 saturated heterocycles. The van der Waals surface area contributed by atoms with Gasteiger partial charge in [-0.15, -0.1) is 6.58 Å². The maximum atomic E-state index is 13.6. The van der Waals surface area contributed by atoms with Gasteiger partial charge in [-0.1, -0.05) is 42.1 Å². The number of fused-ring (bicyclic) bond motifs is 3. The van der Waals surface area contributed by atoms with Gasteiger partial charge in [0.15, 0.2) is 16.7 Å². The third-order valence-corrected chi connectivity index (χ3v) is 9.11. The minimum atomic E-state index is -0.211. The molecule has 2 aliphatic heterocycles. The highest BCUT2D eigenvalue weighted by atomic mass is 32.2. The summed E-state index contributed by atoms with van der Waals surface area (Å²) in [6.07, 6.45) is 1.66. The highest BCUT2D eigenvalue weighted by Gasteiger charge is 2.39. The van der Waals surface area contributed by atoms with E-state index >= 15 is 0 Å². The number of anilines is 1. The van der Waals surface area contributed by atoms with Crippen LogP contribution in [0.4, 0.5) is 11.4 Å². The summed E-state index contributed by atoms with van der Waals surface area (Å²) < 4.78 is 5.41. The predicted octanol–water partition coefficient (Wildman–Crippen LogP) is 6.02. The molecule has 1 amide bonds. The lowest BCUT2D eigenvalue weighted by atomic mass is 9.84. The Kier molecular flexibility index (Phi) is 6.40. The van der Waals surface area contributed by atoms with Crippen LogP contribution >= 0.6 is 23.5 Å². The maximum Gasteiger partial charge on any atom is 0.269 e. The fourth-order valence-electron chi connectivity index (χ4n) is 4.85. The number of aliphatic imine (C=N–C) groups is 1. The number of methoxy groups -OCH3 is 1. The minimum Gasteiger partial charge on any atom is -0.497 e. The lowest BCUT2D eigenvalue weighted by Gasteiger charge is -2.19. The van der Waals surface area contributed by atoms with Crippen LogP contribution in [-0.4, -0.2) is 47.7 Å². The average Bonchev–Trinajstić information content (AvgIpc) is 3.48. The first-order chi connectivity index (χ1) is 18.9. The molecule has 0 aromatic heterocycles. The lowest BCUT2D eigenvalue weighted by molar-refractivity contribution is -0.121. The summed E-state index contributed by atoms with van der Waals surface area (Å²) in [6.45, 7) is 6.82. The second kappa shape index (κ2) is 9.91. The van der Waals surface area contributed by atoms with Crippen LogP contribution in [0.15, 0.2) is 93.1 Å². The van der Waals surface area contributed by atoms with E-state index in [1.165, 1.54) is 11.8 Å². The average molecular weight is 554 g/mol. The Morgan fingerprint density at radius 3 is 2.31 bits per heavy atom. The Balaban J connectivity index is 1.39. The van der Waals surface area contributed by atoms with Crippen molar-refractivity contribution in [3.05, 3.63) is 106 Å². The van der Waals surface area contributed by atoms with Gasteiger partial charge >= 0.3 is 0 Å². The number of amidine groups is 1. The molecule has 0 saturated carbocycles. The summed E-state index contributed by atoms with van der Waals surface area (Å²) in [5, 5.41) is 1.33. The van der Waals surface area contributed by atoms with Gasteiger partial charge in [-0.3, -0.25) is 19.3 Å². The van der Waals surface area contributed by atoms with Crippen molar-refractivity contribution in [2.75, 3.05) is 25.1 Å². The molecule has 0 bridgehead atoms. The first-order valence-electron chi connectivity index (χ1n) is 12.3. The molecule has 9 heteroatoms. The Morgan fingerprint density at radius 2 is 1.62 bits per heavy atom. The van der Waals surface area contributed by atoms with Gasteiger partial charge in [0.1, 0.15) is 15.7 Å². The van der Waals surface area contributed by atoms with E-state index in [0.29, 0.717) is 44.6 Å². The fraction of sp³-hybridized carbons (Fsp3) is 0.133. The van der Waals surface area contributed by atoms with Gasteiger partial charge < -0.3 is 9.64 Å². The molecule has 1 fully saturated rings. The number of hydrogen-bond acceptors (Lipinski definition) is 8. The zero-order chi connectivity index (χ0) is 27.3. The molecule has 0 spiro atoms. The van der Waals surface area contributed by atoms with Gasteiger partial charge in [0.25, 0.3) is 5.91 Å². The van der Waals surface area contributed by atoms with Crippen LogP contribution in [-0.2, 0) is 4.79 Å². The van der Waals surface area contributed by atoms with E-state index in [1.54, 1.807) is 72.3 Å². The van der Waals surface area contributed by atoms with Gasteiger partial charge in [-0.2, -0.15) is 0 Å². The number of hydrogen-bond donors (Lipinski definition) is 0. The largest absolute Gasteiger partial charge is 0.497 e. The van der Waals surface area contributed by atoms with Gasteiger partial charge in [0.05, 0.1) is 18.5 Å². The van der Waals surface area contributed by atoms with Crippen molar-refractivity contribution in [1.82, 2.24) is 4.90 Å². The number of carbonyl (C=O) groups excluding carboxylic acids is 3. The molecule has 0 unspecified atom stereocenters. The Hall–Kier alpha value is -4.08. The van der Waals surface area contributed by atoms with Crippen molar-refractivity contribution in [2.24, 2.45) is 4.99 Å². The topological polar surface area (TPSA) is 79.3 Å². The number of carbonyl (C=O) groups is 3. The molecule has 3 aromatic rings. The molecule has 0 atom stereocenters. The highest BCUT2D eigenvalue weighted by molar-refractivity contribution is 8.19.